The quantitative estimate of drug-likeness (QED) is 0.417. The predicted octanol–water partition coefficient (Wildman–Crippen LogP) is 0.664. The van der Waals surface area contributed by atoms with Crippen molar-refractivity contribution in [3.05, 3.63) is 12.7 Å². The van der Waals surface area contributed by atoms with Crippen molar-refractivity contribution in [2.24, 2.45) is 0 Å². The van der Waals surface area contributed by atoms with Gasteiger partial charge in [-0.15, -0.1) is 10.2 Å². The van der Waals surface area contributed by atoms with E-state index in [-0.39, 0.29) is 5.11 Å². The fourth-order valence-corrected chi connectivity index (χ4v) is 1.54. The van der Waals surface area contributed by atoms with E-state index in [2.05, 4.69) is 26.3 Å². The highest BCUT2D eigenvalue weighted by Crippen LogP contribution is 2.29. The van der Waals surface area contributed by atoms with Crippen LogP contribution in [0.15, 0.2) is 12.7 Å². The van der Waals surface area contributed by atoms with Gasteiger partial charge in [0.1, 0.15) is 12.7 Å². The summed E-state index contributed by atoms with van der Waals surface area (Å²) in [5.74, 6) is 0. The molecule has 2 amide bonds. The van der Waals surface area contributed by atoms with Crippen LogP contribution in [0.25, 0.3) is 0 Å². The number of halogens is 3. The van der Waals surface area contributed by atoms with Crippen molar-refractivity contribution in [1.82, 2.24) is 30.4 Å². The Morgan fingerprint density at radius 2 is 1.85 bits per heavy atom. The van der Waals surface area contributed by atoms with Gasteiger partial charge in [0.2, 0.25) is 3.79 Å². The van der Waals surface area contributed by atoms with Crippen LogP contribution in [0, 0.1) is 0 Å². The van der Waals surface area contributed by atoms with Gasteiger partial charge in [-0.2, -0.15) is 0 Å². The first-order valence-corrected chi connectivity index (χ1v) is 6.71. The van der Waals surface area contributed by atoms with Gasteiger partial charge in [-0.3, -0.25) is 5.43 Å². The van der Waals surface area contributed by atoms with Gasteiger partial charge in [-0.1, -0.05) is 34.8 Å². The molecule has 0 saturated heterocycles. The molecule has 1 heterocycles. The Kier molecular flexibility index (Phi) is 6.06. The molecule has 8 nitrogen and oxygen atoms in total. The predicted molar refractivity (Wildman–Crippen MR) is 81.4 cm³/mol. The third-order valence-corrected chi connectivity index (χ3v) is 2.79. The molecule has 1 atom stereocenters. The molecule has 12 heteroatoms. The Morgan fingerprint density at radius 3 is 2.30 bits per heavy atom. The van der Waals surface area contributed by atoms with Crippen LogP contribution in [0.1, 0.15) is 0 Å². The fourth-order valence-electron chi connectivity index (χ4n) is 0.991. The van der Waals surface area contributed by atoms with E-state index in [1.807, 2.05) is 0 Å². The summed E-state index contributed by atoms with van der Waals surface area (Å²) in [7, 11) is 3.11. The Labute approximate surface area is 135 Å². The van der Waals surface area contributed by atoms with E-state index in [4.69, 9.17) is 47.0 Å². The highest BCUT2D eigenvalue weighted by Gasteiger charge is 2.35. The summed E-state index contributed by atoms with van der Waals surface area (Å²) in [4.78, 5) is 12.9. The molecular weight excluding hydrogens is 349 g/mol. The van der Waals surface area contributed by atoms with Crippen LogP contribution in [0.3, 0.4) is 0 Å². The molecule has 0 aliphatic heterocycles. The maximum absolute atomic E-state index is 11.6. The zero-order valence-electron chi connectivity index (χ0n) is 10.5. The van der Waals surface area contributed by atoms with Crippen molar-refractivity contribution in [1.29, 1.82) is 0 Å². The molecule has 1 unspecified atom stereocenters. The summed E-state index contributed by atoms with van der Waals surface area (Å²) in [6, 6.07) is -0.444. The molecule has 0 aromatic carbocycles. The molecule has 0 aliphatic rings. The number of alkyl halides is 3. The zero-order valence-corrected chi connectivity index (χ0v) is 13.6. The molecule has 20 heavy (non-hydrogen) atoms. The second-order valence-electron chi connectivity index (χ2n) is 3.77. The van der Waals surface area contributed by atoms with E-state index in [1.54, 1.807) is 14.1 Å². The molecule has 0 fully saturated rings. The van der Waals surface area contributed by atoms with Gasteiger partial charge >= 0.3 is 6.03 Å². The normalized spacial score (nSPS) is 12.4. The molecule has 0 spiro atoms. The van der Waals surface area contributed by atoms with Crippen molar-refractivity contribution >= 4 is 58.2 Å². The molecule has 0 bridgehead atoms. The van der Waals surface area contributed by atoms with Gasteiger partial charge in [0.05, 0.1) is 0 Å². The Bertz CT molecular complexity index is 461. The van der Waals surface area contributed by atoms with Crippen LogP contribution in [0.2, 0.25) is 0 Å². The van der Waals surface area contributed by atoms with E-state index in [1.165, 1.54) is 22.2 Å². The van der Waals surface area contributed by atoms with E-state index in [0.29, 0.717) is 0 Å². The third kappa shape index (κ3) is 5.53. The number of thiocarbonyl (C=S) groups is 1. The number of nitrogens with zero attached hydrogens (tertiary/aromatic N) is 4. The Balaban J connectivity index is 2.65. The van der Waals surface area contributed by atoms with Gasteiger partial charge in [0.15, 0.2) is 11.3 Å². The van der Waals surface area contributed by atoms with Gasteiger partial charge in [0, 0.05) is 14.1 Å². The molecule has 0 aliphatic carbocycles. The zero-order chi connectivity index (χ0) is 15.3. The molecule has 112 valence electrons. The number of amides is 2. The maximum atomic E-state index is 11.6. The Hall–Kier alpha value is -1.03. The van der Waals surface area contributed by atoms with E-state index in [9.17, 15) is 4.79 Å². The highest BCUT2D eigenvalue weighted by molar-refractivity contribution is 7.80. The first-order valence-electron chi connectivity index (χ1n) is 5.17. The molecule has 1 aromatic rings. The second-order valence-corrected chi connectivity index (χ2v) is 6.55. The number of rotatable bonds is 3. The lowest BCUT2D eigenvalue weighted by molar-refractivity contribution is 0.212. The average molecular weight is 361 g/mol. The lowest BCUT2D eigenvalue weighted by Crippen LogP contribution is -2.58. The molecule has 0 radical (unpaired) electrons. The van der Waals surface area contributed by atoms with Crippen molar-refractivity contribution in [3.8, 4) is 0 Å². The Morgan fingerprint density at radius 1 is 1.30 bits per heavy atom. The number of nitrogens with one attached hydrogen (secondary N) is 3. The van der Waals surface area contributed by atoms with Gasteiger partial charge < -0.3 is 15.5 Å². The minimum atomic E-state index is -1.80. The molecule has 1 rings (SSSR count). The average Bonchev–Trinajstić information content (AvgIpc) is 2.79. The number of aromatic nitrogens is 3. The fraction of sp³-hybridized carbons (Fsp3) is 0.500. The van der Waals surface area contributed by atoms with E-state index in [0.717, 1.165) is 0 Å². The van der Waals surface area contributed by atoms with Crippen LogP contribution in [0.5, 0.6) is 0 Å². The third-order valence-electron chi connectivity index (χ3n) is 1.93. The monoisotopic (exact) mass is 359 g/mol. The van der Waals surface area contributed by atoms with Gasteiger partial charge in [0.25, 0.3) is 0 Å². The van der Waals surface area contributed by atoms with Crippen LogP contribution < -0.4 is 16.1 Å². The van der Waals surface area contributed by atoms with E-state index < -0.39 is 16.0 Å². The van der Waals surface area contributed by atoms with Crippen LogP contribution in [-0.4, -0.2) is 55.0 Å². The number of carbonyl (C=O) groups is 1. The van der Waals surface area contributed by atoms with Crippen molar-refractivity contribution in [3.63, 3.8) is 0 Å². The van der Waals surface area contributed by atoms with Crippen LogP contribution in [0.4, 0.5) is 4.79 Å². The highest BCUT2D eigenvalue weighted by atomic mass is 35.6. The minimum absolute atomic E-state index is 0.111. The minimum Gasteiger partial charge on any atom is -0.338 e. The smallest absolute Gasteiger partial charge is 0.318 e. The van der Waals surface area contributed by atoms with E-state index >= 15 is 0 Å². The SMILES string of the molecule is CN(C)C(=O)NC(NC(=S)Nn1cnnc1)C(Cl)(Cl)Cl. The van der Waals surface area contributed by atoms with Crippen LogP contribution in [-0.2, 0) is 0 Å². The lowest BCUT2D eigenvalue weighted by atomic mass is 10.5. The van der Waals surface area contributed by atoms with Gasteiger partial charge in [-0.25, -0.2) is 9.47 Å². The number of carbonyl (C=O) groups excluding carboxylic acids is 1. The van der Waals surface area contributed by atoms with Crippen molar-refractivity contribution in [2.45, 2.75) is 9.96 Å². The maximum Gasteiger partial charge on any atom is 0.318 e. The molecule has 1 aromatic heterocycles. The van der Waals surface area contributed by atoms with Crippen molar-refractivity contribution in [2.75, 3.05) is 19.5 Å². The topological polar surface area (TPSA) is 87.1 Å². The van der Waals surface area contributed by atoms with Gasteiger partial charge in [-0.05, 0) is 12.2 Å². The van der Waals surface area contributed by atoms with Crippen molar-refractivity contribution < 1.29 is 4.79 Å². The number of hydrogen-bond donors (Lipinski definition) is 3. The summed E-state index contributed by atoms with van der Waals surface area (Å²) in [6.07, 6.45) is 1.74. The lowest BCUT2D eigenvalue weighted by Gasteiger charge is -2.28. The first kappa shape index (κ1) is 17.0. The molecule has 0 saturated carbocycles. The number of urea groups is 1. The summed E-state index contributed by atoms with van der Waals surface area (Å²) in [5.41, 5.74) is 2.70. The molecular formula is C8H12Cl3N7OS. The summed E-state index contributed by atoms with van der Waals surface area (Å²) in [6.45, 7) is 0. The molecule has 3 N–H and O–H groups in total. The van der Waals surface area contributed by atoms with Crippen LogP contribution >= 0.6 is 47.0 Å². The summed E-state index contributed by atoms with van der Waals surface area (Å²) in [5, 5.41) is 12.4. The number of hydrogen-bond acceptors (Lipinski definition) is 4. The largest absolute Gasteiger partial charge is 0.338 e. The second kappa shape index (κ2) is 7.11. The standard InChI is InChI=1S/C8H12Cl3N7OS/c1-17(2)7(19)15-5(8(9,10)11)14-6(20)16-18-3-12-13-4-18/h3-5H,1-2H3,(H,15,19)(H2,14,16,20). The first-order chi connectivity index (χ1) is 9.20. The summed E-state index contributed by atoms with van der Waals surface area (Å²) < 4.78 is -0.414. The summed E-state index contributed by atoms with van der Waals surface area (Å²) >= 11 is 22.4.